The van der Waals surface area contributed by atoms with Crippen LogP contribution in [0.25, 0.3) is 0 Å². The minimum absolute atomic E-state index is 0.0384. The van der Waals surface area contributed by atoms with Gasteiger partial charge in [-0.2, -0.15) is 0 Å². The Bertz CT molecular complexity index is 832. The summed E-state index contributed by atoms with van der Waals surface area (Å²) in [6.07, 6.45) is 1.51. The molecule has 8 heteroatoms. The molecule has 1 heterocycles. The van der Waals surface area contributed by atoms with E-state index in [1.54, 1.807) is 6.92 Å². The van der Waals surface area contributed by atoms with Crippen LogP contribution in [0, 0.1) is 17.0 Å². The highest BCUT2D eigenvalue weighted by atomic mass is 32.2. The molecule has 0 spiro atoms. The van der Waals surface area contributed by atoms with E-state index < -0.39 is 4.92 Å². The maximum atomic E-state index is 12.2. The summed E-state index contributed by atoms with van der Waals surface area (Å²) in [5.41, 5.74) is 1.27. The molecule has 0 saturated carbocycles. The van der Waals surface area contributed by atoms with E-state index in [1.807, 2.05) is 6.92 Å². The molecule has 0 radical (unpaired) electrons. The lowest BCUT2D eigenvalue weighted by atomic mass is 10.1. The van der Waals surface area contributed by atoms with E-state index in [1.165, 1.54) is 24.3 Å². The molecule has 0 aliphatic carbocycles. The molecule has 24 heavy (non-hydrogen) atoms. The Hall–Kier alpha value is -2.48. The van der Waals surface area contributed by atoms with Crippen molar-refractivity contribution < 1.29 is 9.72 Å². The number of aromatic nitrogens is 2. The van der Waals surface area contributed by atoms with Crippen LogP contribution in [-0.4, -0.2) is 26.4 Å². The number of nitro groups is 1. The van der Waals surface area contributed by atoms with Crippen molar-refractivity contribution in [3.05, 3.63) is 61.6 Å². The largest absolute Gasteiger partial charge is 0.301 e. The number of nitro benzene ring substituents is 1. The fourth-order valence-corrected chi connectivity index (χ4v) is 3.01. The molecule has 0 atom stereocenters. The van der Waals surface area contributed by atoms with Crippen molar-refractivity contribution >= 4 is 23.2 Å². The lowest BCUT2D eigenvalue weighted by molar-refractivity contribution is -0.384. The second kappa shape index (κ2) is 7.87. The third-order valence-corrected chi connectivity index (χ3v) is 4.29. The summed E-state index contributed by atoms with van der Waals surface area (Å²) in [7, 11) is 0. The summed E-state index contributed by atoms with van der Waals surface area (Å²) in [6, 6.07) is 5.58. The van der Waals surface area contributed by atoms with Crippen molar-refractivity contribution in [3.63, 3.8) is 0 Å². The van der Waals surface area contributed by atoms with Gasteiger partial charge in [-0.25, -0.2) is 4.98 Å². The lowest BCUT2D eigenvalue weighted by Gasteiger charge is -2.06. The number of benzene rings is 1. The van der Waals surface area contributed by atoms with Crippen molar-refractivity contribution in [2.24, 2.45) is 0 Å². The second-order valence-corrected chi connectivity index (χ2v) is 6.17. The molecular formula is C16H17N3O4S. The van der Waals surface area contributed by atoms with E-state index >= 15 is 0 Å². The van der Waals surface area contributed by atoms with Crippen LogP contribution in [-0.2, 0) is 6.42 Å². The Labute approximate surface area is 142 Å². The van der Waals surface area contributed by atoms with Crippen LogP contribution in [0.15, 0.2) is 34.2 Å². The highest BCUT2D eigenvalue weighted by Gasteiger charge is 2.13. The SMILES string of the molecule is CCCc1c(C)nc(SCC(=O)c2cccc([N+](=O)[O-])c2)[nH]c1=O. The number of hydrogen-bond acceptors (Lipinski definition) is 6. The van der Waals surface area contributed by atoms with Crippen LogP contribution in [0.4, 0.5) is 5.69 Å². The van der Waals surface area contributed by atoms with Crippen molar-refractivity contribution in [2.45, 2.75) is 31.8 Å². The molecule has 1 aromatic carbocycles. The molecule has 126 valence electrons. The van der Waals surface area contributed by atoms with Gasteiger partial charge in [-0.3, -0.25) is 19.7 Å². The number of hydrogen-bond donors (Lipinski definition) is 1. The molecule has 2 rings (SSSR count). The standard InChI is InChI=1S/C16H17N3O4S/c1-3-5-13-10(2)17-16(18-15(13)21)24-9-14(20)11-6-4-7-12(8-11)19(22)23/h4,6-8H,3,5,9H2,1-2H3,(H,17,18,21). The molecule has 0 unspecified atom stereocenters. The van der Waals surface area contributed by atoms with Gasteiger partial charge in [0.05, 0.1) is 10.7 Å². The summed E-state index contributed by atoms with van der Waals surface area (Å²) in [5.74, 6) is -0.224. The van der Waals surface area contributed by atoms with Gasteiger partial charge < -0.3 is 4.98 Å². The molecular weight excluding hydrogens is 330 g/mol. The minimum atomic E-state index is -0.543. The van der Waals surface area contributed by atoms with Crippen molar-refractivity contribution in [1.29, 1.82) is 0 Å². The molecule has 2 aromatic rings. The van der Waals surface area contributed by atoms with E-state index in [2.05, 4.69) is 9.97 Å². The highest BCUT2D eigenvalue weighted by molar-refractivity contribution is 7.99. The van der Waals surface area contributed by atoms with E-state index in [0.717, 1.165) is 18.2 Å². The third-order valence-electron chi connectivity index (χ3n) is 3.42. The average Bonchev–Trinajstić information content (AvgIpc) is 2.56. The molecule has 1 N–H and O–H groups in total. The van der Waals surface area contributed by atoms with Crippen LogP contribution in [0.3, 0.4) is 0 Å². The van der Waals surface area contributed by atoms with Crippen LogP contribution < -0.4 is 5.56 Å². The molecule has 0 bridgehead atoms. The zero-order valence-corrected chi connectivity index (χ0v) is 14.2. The van der Waals surface area contributed by atoms with Crippen LogP contribution in [0.1, 0.15) is 35.0 Å². The number of rotatable bonds is 7. The van der Waals surface area contributed by atoms with Crippen molar-refractivity contribution in [1.82, 2.24) is 9.97 Å². The summed E-state index contributed by atoms with van der Waals surface area (Å²) in [5, 5.41) is 11.1. The maximum absolute atomic E-state index is 12.2. The number of H-pyrrole nitrogens is 1. The Morgan fingerprint density at radius 1 is 1.42 bits per heavy atom. The number of non-ortho nitro benzene ring substituents is 1. The van der Waals surface area contributed by atoms with Gasteiger partial charge in [0, 0.05) is 29.0 Å². The van der Waals surface area contributed by atoms with E-state index in [4.69, 9.17) is 0 Å². The number of nitrogens with one attached hydrogen (secondary N) is 1. The smallest absolute Gasteiger partial charge is 0.270 e. The first-order valence-electron chi connectivity index (χ1n) is 7.42. The number of aromatic amines is 1. The van der Waals surface area contributed by atoms with Crippen LogP contribution >= 0.6 is 11.8 Å². The summed E-state index contributed by atoms with van der Waals surface area (Å²) < 4.78 is 0. The average molecular weight is 347 g/mol. The minimum Gasteiger partial charge on any atom is -0.301 e. The fourth-order valence-electron chi connectivity index (χ4n) is 2.21. The number of ketones is 1. The van der Waals surface area contributed by atoms with E-state index in [9.17, 15) is 19.7 Å². The van der Waals surface area contributed by atoms with Crippen LogP contribution in [0.2, 0.25) is 0 Å². The Balaban J connectivity index is 2.11. The van der Waals surface area contributed by atoms with Gasteiger partial charge in [-0.15, -0.1) is 0 Å². The zero-order valence-electron chi connectivity index (χ0n) is 13.4. The molecule has 7 nitrogen and oxygen atoms in total. The predicted molar refractivity (Wildman–Crippen MR) is 91.7 cm³/mol. The number of aryl methyl sites for hydroxylation is 1. The Morgan fingerprint density at radius 2 is 2.17 bits per heavy atom. The highest BCUT2D eigenvalue weighted by Crippen LogP contribution is 2.18. The topological polar surface area (TPSA) is 106 Å². The quantitative estimate of drug-likeness (QED) is 0.271. The zero-order chi connectivity index (χ0) is 17.7. The van der Waals surface area contributed by atoms with Gasteiger partial charge >= 0.3 is 0 Å². The molecule has 0 fully saturated rings. The lowest BCUT2D eigenvalue weighted by Crippen LogP contribution is -2.17. The molecule has 0 saturated heterocycles. The van der Waals surface area contributed by atoms with Crippen molar-refractivity contribution in [3.8, 4) is 0 Å². The monoisotopic (exact) mass is 347 g/mol. The van der Waals surface area contributed by atoms with E-state index in [-0.39, 0.29) is 28.3 Å². The first-order chi connectivity index (χ1) is 11.4. The number of carbonyl (C=O) groups excluding carboxylic acids is 1. The summed E-state index contributed by atoms with van der Waals surface area (Å²) in [6.45, 7) is 3.76. The second-order valence-electron chi connectivity index (χ2n) is 5.20. The summed E-state index contributed by atoms with van der Waals surface area (Å²) in [4.78, 5) is 41.4. The molecule has 0 aliphatic heterocycles. The van der Waals surface area contributed by atoms with Gasteiger partial charge in [0.1, 0.15) is 0 Å². The first-order valence-corrected chi connectivity index (χ1v) is 8.41. The van der Waals surface area contributed by atoms with Gasteiger partial charge in [0.25, 0.3) is 11.2 Å². The van der Waals surface area contributed by atoms with Gasteiger partial charge in [-0.1, -0.05) is 37.2 Å². The summed E-state index contributed by atoms with van der Waals surface area (Å²) >= 11 is 1.11. The van der Waals surface area contributed by atoms with Gasteiger partial charge in [-0.05, 0) is 13.3 Å². The normalized spacial score (nSPS) is 10.6. The number of nitrogens with zero attached hydrogens (tertiary/aromatic N) is 2. The van der Waals surface area contributed by atoms with Gasteiger partial charge in [0.2, 0.25) is 0 Å². The van der Waals surface area contributed by atoms with E-state index in [0.29, 0.717) is 22.8 Å². The van der Waals surface area contributed by atoms with Gasteiger partial charge in [0.15, 0.2) is 10.9 Å². The predicted octanol–water partition coefficient (Wildman–Crippen LogP) is 2.91. The number of thioether (sulfide) groups is 1. The molecule has 1 aromatic heterocycles. The Kier molecular flexibility index (Phi) is 5.86. The number of Topliss-reactive ketones (excluding diaryl/α,β-unsaturated/α-hetero) is 1. The third kappa shape index (κ3) is 4.29. The first kappa shape index (κ1) is 17.9. The fraction of sp³-hybridized carbons (Fsp3) is 0.312. The maximum Gasteiger partial charge on any atom is 0.270 e. The van der Waals surface area contributed by atoms with Crippen molar-refractivity contribution in [2.75, 3.05) is 5.75 Å². The molecule has 0 amide bonds. The Morgan fingerprint density at radius 3 is 2.79 bits per heavy atom. The molecule has 0 aliphatic rings. The van der Waals surface area contributed by atoms with Crippen LogP contribution in [0.5, 0.6) is 0 Å². The number of carbonyl (C=O) groups is 1.